The number of methoxy groups -OCH3 is 1. The predicted molar refractivity (Wildman–Crippen MR) is 113 cm³/mol. The summed E-state index contributed by atoms with van der Waals surface area (Å²) in [4.78, 5) is 12.7. The van der Waals surface area contributed by atoms with Crippen molar-refractivity contribution in [2.45, 2.75) is 44.6 Å². The zero-order valence-electron chi connectivity index (χ0n) is 16.4. The molecular formula is C22H25NO5S. The molecule has 2 heterocycles. The van der Waals surface area contributed by atoms with Crippen molar-refractivity contribution in [2.75, 3.05) is 13.7 Å². The summed E-state index contributed by atoms with van der Waals surface area (Å²) in [5.41, 5.74) is 3.47. The Bertz CT molecular complexity index is 1050. The zero-order valence-corrected chi connectivity index (χ0v) is 17.2. The summed E-state index contributed by atoms with van der Waals surface area (Å²) in [6.45, 7) is 0.277. The van der Waals surface area contributed by atoms with E-state index in [0.717, 1.165) is 47.2 Å². The van der Waals surface area contributed by atoms with Gasteiger partial charge in [0.25, 0.3) is 0 Å². The number of thiophene rings is 1. The Balaban J connectivity index is 2.02. The molecule has 0 atom stereocenters. The van der Waals surface area contributed by atoms with Gasteiger partial charge in [-0.2, -0.15) is 0 Å². The molecule has 3 aromatic rings. The van der Waals surface area contributed by atoms with Gasteiger partial charge in [-0.25, -0.2) is 4.79 Å². The molecule has 0 saturated heterocycles. The molecule has 1 aliphatic carbocycles. The molecule has 2 aromatic heterocycles. The van der Waals surface area contributed by atoms with Crippen LogP contribution in [0.15, 0.2) is 24.3 Å². The standard InChI is InChI=1S/C22H25NO5S/c1-28-22(27)18-12-16-21(29-18)19(13-5-3-2-4-6-13)20(23(16)9-10-24)15-8-7-14(25)11-17(15)26/h7-8,11-13,24-26H,2-6,9-10H2,1H3. The molecule has 6 nitrogen and oxygen atoms in total. The smallest absolute Gasteiger partial charge is 0.348 e. The lowest BCUT2D eigenvalue weighted by atomic mass is 9.83. The molecule has 0 radical (unpaired) electrons. The lowest BCUT2D eigenvalue weighted by Crippen LogP contribution is -2.09. The highest BCUT2D eigenvalue weighted by atomic mass is 32.1. The van der Waals surface area contributed by atoms with Crippen LogP contribution in [-0.4, -0.2) is 39.6 Å². The SMILES string of the molecule is COC(=O)c1cc2c(s1)c(C1CCCCC1)c(-c1ccc(O)cc1O)n2CCO. The van der Waals surface area contributed by atoms with E-state index in [9.17, 15) is 20.1 Å². The number of carbonyl (C=O) groups excluding carboxylic acids is 1. The second-order valence-corrected chi connectivity index (χ2v) is 8.54. The Morgan fingerprint density at radius 1 is 1.21 bits per heavy atom. The van der Waals surface area contributed by atoms with Gasteiger partial charge in [-0.3, -0.25) is 0 Å². The van der Waals surface area contributed by atoms with E-state index in [1.807, 2.05) is 10.6 Å². The summed E-state index contributed by atoms with van der Waals surface area (Å²) in [6.07, 6.45) is 5.61. The highest BCUT2D eigenvalue weighted by molar-refractivity contribution is 7.21. The van der Waals surface area contributed by atoms with Crippen LogP contribution in [0.2, 0.25) is 0 Å². The van der Waals surface area contributed by atoms with Gasteiger partial charge < -0.3 is 24.6 Å². The number of phenols is 2. The van der Waals surface area contributed by atoms with Gasteiger partial charge in [0.05, 0.1) is 29.6 Å². The maximum Gasteiger partial charge on any atom is 0.348 e. The van der Waals surface area contributed by atoms with E-state index in [-0.39, 0.29) is 24.1 Å². The molecule has 3 N–H and O–H groups in total. The first-order valence-corrected chi connectivity index (χ1v) is 10.7. The van der Waals surface area contributed by atoms with Crippen LogP contribution in [-0.2, 0) is 11.3 Å². The number of aromatic hydroxyl groups is 2. The number of hydrogen-bond acceptors (Lipinski definition) is 6. The first-order chi connectivity index (χ1) is 14.0. The van der Waals surface area contributed by atoms with Crippen LogP contribution in [0.5, 0.6) is 11.5 Å². The topological polar surface area (TPSA) is 91.9 Å². The molecule has 29 heavy (non-hydrogen) atoms. The van der Waals surface area contributed by atoms with Gasteiger partial charge in [0.15, 0.2) is 0 Å². The number of esters is 1. The fourth-order valence-corrected chi connectivity index (χ4v) is 5.67. The van der Waals surface area contributed by atoms with Crippen LogP contribution < -0.4 is 0 Å². The lowest BCUT2D eigenvalue weighted by molar-refractivity contribution is 0.0606. The number of aliphatic hydroxyl groups is 1. The van der Waals surface area contributed by atoms with Crippen LogP contribution in [0.1, 0.15) is 53.3 Å². The molecule has 0 unspecified atom stereocenters. The molecule has 0 amide bonds. The Hall–Kier alpha value is -2.51. The highest BCUT2D eigenvalue weighted by Gasteiger charge is 2.30. The maximum absolute atomic E-state index is 12.1. The van der Waals surface area contributed by atoms with E-state index >= 15 is 0 Å². The number of ether oxygens (including phenoxy) is 1. The van der Waals surface area contributed by atoms with Crippen molar-refractivity contribution < 1.29 is 24.9 Å². The third-order valence-electron chi connectivity index (χ3n) is 5.73. The molecule has 1 fully saturated rings. The minimum atomic E-state index is -0.370. The Morgan fingerprint density at radius 3 is 2.62 bits per heavy atom. The number of benzene rings is 1. The second kappa shape index (κ2) is 8.08. The van der Waals surface area contributed by atoms with Crippen LogP contribution in [0.4, 0.5) is 0 Å². The van der Waals surface area contributed by atoms with Crippen molar-refractivity contribution in [1.29, 1.82) is 0 Å². The number of aliphatic hydroxyl groups excluding tert-OH is 1. The number of phenolic OH excluding ortho intramolecular Hbond substituents is 2. The summed E-state index contributed by atoms with van der Waals surface area (Å²) in [5, 5.41) is 30.1. The van der Waals surface area contributed by atoms with Gasteiger partial charge >= 0.3 is 5.97 Å². The van der Waals surface area contributed by atoms with Gasteiger partial charge in [-0.05, 0) is 42.5 Å². The summed E-state index contributed by atoms with van der Waals surface area (Å²) in [7, 11) is 1.37. The summed E-state index contributed by atoms with van der Waals surface area (Å²) in [5.74, 6) is -0.0518. The highest BCUT2D eigenvalue weighted by Crippen LogP contribution is 2.48. The van der Waals surface area contributed by atoms with Gasteiger partial charge in [-0.15, -0.1) is 11.3 Å². The van der Waals surface area contributed by atoms with Crippen LogP contribution >= 0.6 is 11.3 Å². The minimum Gasteiger partial charge on any atom is -0.508 e. The van der Waals surface area contributed by atoms with Crippen molar-refractivity contribution in [2.24, 2.45) is 0 Å². The van der Waals surface area contributed by atoms with Gasteiger partial charge in [0, 0.05) is 18.2 Å². The number of nitrogens with zero attached hydrogens (tertiary/aromatic N) is 1. The normalized spacial score (nSPS) is 15.1. The molecule has 7 heteroatoms. The lowest BCUT2D eigenvalue weighted by Gasteiger charge is -2.24. The van der Waals surface area contributed by atoms with Gasteiger partial charge in [0.1, 0.15) is 16.4 Å². The van der Waals surface area contributed by atoms with E-state index < -0.39 is 0 Å². The number of aromatic nitrogens is 1. The third-order valence-corrected chi connectivity index (χ3v) is 6.87. The molecular weight excluding hydrogens is 390 g/mol. The van der Waals surface area contributed by atoms with Crippen molar-refractivity contribution in [1.82, 2.24) is 4.57 Å². The maximum atomic E-state index is 12.1. The fourth-order valence-electron chi connectivity index (χ4n) is 4.46. The molecule has 1 aromatic carbocycles. The van der Waals surface area contributed by atoms with Gasteiger partial charge in [0.2, 0.25) is 0 Å². The number of hydrogen-bond donors (Lipinski definition) is 3. The average molecular weight is 416 g/mol. The van der Waals surface area contributed by atoms with Crippen molar-refractivity contribution in [3.8, 4) is 22.8 Å². The number of carbonyl (C=O) groups is 1. The largest absolute Gasteiger partial charge is 0.508 e. The summed E-state index contributed by atoms with van der Waals surface area (Å²) in [6, 6.07) is 6.42. The molecule has 0 bridgehead atoms. The Kier molecular flexibility index (Phi) is 5.52. The van der Waals surface area contributed by atoms with Crippen molar-refractivity contribution in [3.05, 3.63) is 34.7 Å². The van der Waals surface area contributed by atoms with E-state index in [4.69, 9.17) is 4.74 Å². The zero-order chi connectivity index (χ0) is 20.5. The van der Waals surface area contributed by atoms with E-state index in [1.165, 1.54) is 30.9 Å². The van der Waals surface area contributed by atoms with Crippen molar-refractivity contribution in [3.63, 3.8) is 0 Å². The molecule has 0 aliphatic heterocycles. The molecule has 0 spiro atoms. The predicted octanol–water partition coefficient (Wildman–Crippen LogP) is 4.61. The number of fused-ring (bicyclic) bond motifs is 1. The van der Waals surface area contributed by atoms with Crippen LogP contribution in [0.25, 0.3) is 21.5 Å². The molecule has 1 aliphatic rings. The monoisotopic (exact) mass is 415 g/mol. The summed E-state index contributed by atoms with van der Waals surface area (Å²) >= 11 is 1.41. The first-order valence-electron chi connectivity index (χ1n) is 9.92. The first kappa shape index (κ1) is 19.8. The van der Waals surface area contributed by atoms with Gasteiger partial charge in [-0.1, -0.05) is 19.3 Å². The van der Waals surface area contributed by atoms with E-state index in [0.29, 0.717) is 22.9 Å². The van der Waals surface area contributed by atoms with Crippen molar-refractivity contribution >= 4 is 27.5 Å². The van der Waals surface area contributed by atoms with E-state index in [1.54, 1.807) is 12.1 Å². The fraction of sp³-hybridized carbons (Fsp3) is 0.409. The Labute approximate surface area is 173 Å². The quantitative estimate of drug-likeness (QED) is 0.530. The molecule has 4 rings (SSSR count). The number of rotatable bonds is 5. The molecule has 1 saturated carbocycles. The minimum absolute atomic E-state index is 0.000376. The van der Waals surface area contributed by atoms with Crippen LogP contribution in [0.3, 0.4) is 0 Å². The van der Waals surface area contributed by atoms with E-state index in [2.05, 4.69) is 0 Å². The van der Waals surface area contributed by atoms with Crippen LogP contribution in [0, 0.1) is 0 Å². The molecule has 154 valence electrons. The Morgan fingerprint density at radius 2 is 1.97 bits per heavy atom. The summed E-state index contributed by atoms with van der Waals surface area (Å²) < 4.78 is 7.90. The average Bonchev–Trinajstić information content (AvgIpc) is 3.26. The third kappa shape index (κ3) is 3.49. The second-order valence-electron chi connectivity index (χ2n) is 7.49.